The van der Waals surface area contributed by atoms with Gasteiger partial charge in [-0.2, -0.15) is 0 Å². The molecule has 1 rings (SSSR count). The molecule has 0 aliphatic carbocycles. The minimum absolute atomic E-state index is 0.107. The van der Waals surface area contributed by atoms with E-state index in [1.54, 1.807) is 7.11 Å². The number of carbonyl (C=O) groups excluding carboxylic acids is 3. The monoisotopic (exact) mass is 338 g/mol. The van der Waals surface area contributed by atoms with Crippen molar-refractivity contribution in [2.75, 3.05) is 27.6 Å². The van der Waals surface area contributed by atoms with Gasteiger partial charge in [0.2, 0.25) is 0 Å². The molecule has 0 saturated carbocycles. The SMILES string of the molecule is CC1OC(=O)C(C)OC1=O.CCOC.COCOC(=O)C(C)O. The molecule has 0 amide bonds. The molecule has 1 heterocycles. The lowest BCUT2D eigenvalue weighted by atomic mass is 10.3. The Balaban J connectivity index is 0. The van der Waals surface area contributed by atoms with Crippen LogP contribution in [0.15, 0.2) is 0 Å². The van der Waals surface area contributed by atoms with E-state index in [-0.39, 0.29) is 6.79 Å². The van der Waals surface area contributed by atoms with Gasteiger partial charge < -0.3 is 28.8 Å². The van der Waals surface area contributed by atoms with Crippen LogP contribution < -0.4 is 0 Å². The molecular formula is C14H26O9. The quantitative estimate of drug-likeness (QED) is 0.430. The number of rotatable bonds is 4. The second-order valence-electron chi connectivity index (χ2n) is 4.28. The highest BCUT2D eigenvalue weighted by atomic mass is 16.7. The maximum Gasteiger partial charge on any atom is 0.347 e. The fraction of sp³-hybridized carbons (Fsp3) is 0.786. The molecule has 9 nitrogen and oxygen atoms in total. The maximum absolute atomic E-state index is 10.7. The van der Waals surface area contributed by atoms with E-state index in [1.807, 2.05) is 6.92 Å². The average molecular weight is 338 g/mol. The van der Waals surface area contributed by atoms with Gasteiger partial charge in [-0.15, -0.1) is 0 Å². The Labute approximate surface area is 135 Å². The van der Waals surface area contributed by atoms with Crippen molar-refractivity contribution in [3.8, 4) is 0 Å². The zero-order chi connectivity index (χ0) is 18.4. The Morgan fingerprint density at radius 1 is 1.13 bits per heavy atom. The van der Waals surface area contributed by atoms with E-state index in [0.29, 0.717) is 0 Å². The third-order valence-corrected chi connectivity index (χ3v) is 2.20. The number of carbonyl (C=O) groups is 3. The van der Waals surface area contributed by atoms with Crippen LogP contribution in [0.3, 0.4) is 0 Å². The highest BCUT2D eigenvalue weighted by Crippen LogP contribution is 2.08. The first-order valence-electron chi connectivity index (χ1n) is 6.94. The van der Waals surface area contributed by atoms with Gasteiger partial charge in [-0.25, -0.2) is 14.4 Å². The van der Waals surface area contributed by atoms with Gasteiger partial charge >= 0.3 is 17.9 Å². The van der Waals surface area contributed by atoms with Crippen LogP contribution in [0.25, 0.3) is 0 Å². The molecule has 0 aromatic rings. The van der Waals surface area contributed by atoms with Crippen molar-refractivity contribution in [1.82, 2.24) is 0 Å². The molecule has 1 aliphatic heterocycles. The molecule has 0 spiro atoms. The van der Waals surface area contributed by atoms with E-state index < -0.39 is 36.2 Å². The van der Waals surface area contributed by atoms with Gasteiger partial charge in [0.05, 0.1) is 0 Å². The first-order valence-corrected chi connectivity index (χ1v) is 6.94. The number of hydrogen-bond acceptors (Lipinski definition) is 9. The van der Waals surface area contributed by atoms with Gasteiger partial charge in [-0.3, -0.25) is 0 Å². The topological polar surface area (TPSA) is 118 Å². The van der Waals surface area contributed by atoms with E-state index in [4.69, 9.17) is 5.11 Å². The summed E-state index contributed by atoms with van der Waals surface area (Å²) in [6, 6.07) is 0. The highest BCUT2D eigenvalue weighted by molar-refractivity contribution is 5.86. The van der Waals surface area contributed by atoms with Crippen molar-refractivity contribution >= 4 is 17.9 Å². The van der Waals surface area contributed by atoms with Gasteiger partial charge in [-0.05, 0) is 27.7 Å². The molecule has 0 radical (unpaired) electrons. The maximum atomic E-state index is 10.7. The van der Waals surface area contributed by atoms with Gasteiger partial charge in [-0.1, -0.05) is 0 Å². The third kappa shape index (κ3) is 12.5. The molecular weight excluding hydrogens is 312 g/mol. The molecule has 1 fully saturated rings. The summed E-state index contributed by atoms with van der Waals surface area (Å²) in [6.45, 7) is 6.96. The van der Waals surface area contributed by atoms with E-state index in [1.165, 1.54) is 27.9 Å². The zero-order valence-corrected chi connectivity index (χ0v) is 14.4. The van der Waals surface area contributed by atoms with Crippen LogP contribution in [-0.4, -0.2) is 68.9 Å². The Hall–Kier alpha value is -1.71. The predicted octanol–water partition coefficient (Wildman–Crippen LogP) is 0.0304. The van der Waals surface area contributed by atoms with E-state index in [2.05, 4.69) is 23.7 Å². The predicted molar refractivity (Wildman–Crippen MR) is 78.3 cm³/mol. The van der Waals surface area contributed by atoms with Crippen molar-refractivity contribution in [3.63, 3.8) is 0 Å². The number of ether oxygens (including phenoxy) is 5. The Morgan fingerprint density at radius 2 is 1.52 bits per heavy atom. The second-order valence-corrected chi connectivity index (χ2v) is 4.28. The molecule has 9 heteroatoms. The lowest BCUT2D eigenvalue weighted by Gasteiger charge is -2.22. The summed E-state index contributed by atoms with van der Waals surface area (Å²) in [7, 11) is 3.08. The van der Waals surface area contributed by atoms with Crippen molar-refractivity contribution in [2.24, 2.45) is 0 Å². The van der Waals surface area contributed by atoms with Gasteiger partial charge in [0, 0.05) is 20.8 Å². The van der Waals surface area contributed by atoms with Crippen molar-refractivity contribution in [2.45, 2.75) is 46.0 Å². The molecule has 0 aromatic heterocycles. The van der Waals surface area contributed by atoms with E-state index >= 15 is 0 Å². The van der Waals surface area contributed by atoms with Crippen molar-refractivity contribution in [3.05, 3.63) is 0 Å². The summed E-state index contributed by atoms with van der Waals surface area (Å²) >= 11 is 0. The van der Waals surface area contributed by atoms with Crippen molar-refractivity contribution < 1.29 is 43.2 Å². The highest BCUT2D eigenvalue weighted by Gasteiger charge is 2.32. The molecule has 0 aromatic carbocycles. The molecule has 1 aliphatic rings. The molecule has 23 heavy (non-hydrogen) atoms. The minimum Gasteiger partial charge on any atom is -0.448 e. The number of aliphatic hydroxyl groups is 1. The van der Waals surface area contributed by atoms with Gasteiger partial charge in [0.1, 0.15) is 6.10 Å². The minimum atomic E-state index is -1.07. The zero-order valence-electron chi connectivity index (χ0n) is 14.4. The smallest absolute Gasteiger partial charge is 0.347 e. The number of methoxy groups -OCH3 is 2. The fourth-order valence-electron chi connectivity index (χ4n) is 0.874. The van der Waals surface area contributed by atoms with Crippen LogP contribution in [0.5, 0.6) is 0 Å². The first-order chi connectivity index (χ1) is 10.7. The number of aliphatic hydroxyl groups excluding tert-OH is 1. The Bertz CT molecular complexity index is 332. The van der Waals surface area contributed by atoms with Crippen LogP contribution >= 0.6 is 0 Å². The van der Waals surface area contributed by atoms with E-state index in [0.717, 1.165) is 6.61 Å². The number of cyclic esters (lactones) is 2. The normalized spacial score (nSPS) is 20.7. The largest absolute Gasteiger partial charge is 0.448 e. The summed E-state index contributed by atoms with van der Waals surface area (Å²) in [6.07, 6.45) is -2.56. The summed E-state index contributed by atoms with van der Waals surface area (Å²) < 4.78 is 22.5. The fourth-order valence-corrected chi connectivity index (χ4v) is 0.874. The summed E-state index contributed by atoms with van der Waals surface area (Å²) in [5.41, 5.74) is 0. The third-order valence-electron chi connectivity index (χ3n) is 2.20. The lowest BCUT2D eigenvalue weighted by molar-refractivity contribution is -0.191. The van der Waals surface area contributed by atoms with Crippen LogP contribution in [0.1, 0.15) is 27.7 Å². The first kappa shape index (κ1) is 23.6. The molecule has 3 atom stereocenters. The lowest BCUT2D eigenvalue weighted by Crippen LogP contribution is -2.40. The molecule has 136 valence electrons. The van der Waals surface area contributed by atoms with Crippen LogP contribution in [-0.2, 0) is 38.1 Å². The molecule has 3 unspecified atom stereocenters. The van der Waals surface area contributed by atoms with Crippen LogP contribution in [0, 0.1) is 0 Å². The summed E-state index contributed by atoms with van der Waals surface area (Å²) in [4.78, 5) is 31.7. The van der Waals surface area contributed by atoms with Gasteiger partial charge in [0.15, 0.2) is 19.0 Å². The standard InChI is InChI=1S/C6H8O4.C5H10O4.C3H8O/c1-3-5(7)10-4(2)6(8)9-3;1-4(6)5(7)9-3-8-2;1-3-4-2/h3-4H,1-2H3;4,6H,3H2,1-2H3;3H2,1-2H3. The molecule has 1 saturated heterocycles. The van der Waals surface area contributed by atoms with Crippen molar-refractivity contribution in [1.29, 1.82) is 0 Å². The van der Waals surface area contributed by atoms with Gasteiger partial charge in [0.25, 0.3) is 0 Å². The number of esters is 3. The average Bonchev–Trinajstić information content (AvgIpc) is 2.51. The molecule has 0 bridgehead atoms. The molecule has 1 N–H and O–H groups in total. The summed E-state index contributed by atoms with van der Waals surface area (Å²) in [5.74, 6) is -1.63. The Morgan fingerprint density at radius 3 is 1.78 bits per heavy atom. The number of hydrogen-bond donors (Lipinski definition) is 1. The van der Waals surface area contributed by atoms with E-state index in [9.17, 15) is 14.4 Å². The van der Waals surface area contributed by atoms with Crippen LogP contribution in [0.4, 0.5) is 0 Å². The summed E-state index contributed by atoms with van der Waals surface area (Å²) in [5, 5.41) is 8.52. The van der Waals surface area contributed by atoms with Crippen LogP contribution in [0.2, 0.25) is 0 Å². The second kappa shape index (κ2) is 13.9. The Kier molecular flexibility index (Phi) is 14.3.